The lowest BCUT2D eigenvalue weighted by molar-refractivity contribution is -0.141. The molecule has 0 saturated heterocycles. The van der Waals surface area contributed by atoms with E-state index in [4.69, 9.17) is 4.74 Å². The van der Waals surface area contributed by atoms with Gasteiger partial charge < -0.3 is 15.4 Å². The minimum absolute atomic E-state index is 0.0714. The second-order valence-electron chi connectivity index (χ2n) is 8.05. The zero-order valence-corrected chi connectivity index (χ0v) is 18.0. The second-order valence-corrected chi connectivity index (χ2v) is 8.05. The highest BCUT2D eigenvalue weighted by Crippen LogP contribution is 2.18. The van der Waals surface area contributed by atoms with Gasteiger partial charge in [-0.3, -0.25) is 24.4 Å². The normalized spacial score (nSPS) is 16.9. The standard InChI is InChI=1S/C23H26N4O5/c1-14(2)20(27-23(31)32-13-15-6-4-3-5-7-15)19(28)9-16-8-17-10-24-11-18(26-17)12-25-22(30)21(16)29/h3-7,10-11,14,16,20H,8-9,12-13H2,1-2H3,(H,25,30)(H,27,31). The molecule has 9 nitrogen and oxygen atoms in total. The lowest BCUT2D eigenvalue weighted by Crippen LogP contribution is -2.46. The van der Waals surface area contributed by atoms with Crippen molar-refractivity contribution in [3.05, 3.63) is 59.7 Å². The van der Waals surface area contributed by atoms with Gasteiger partial charge >= 0.3 is 6.09 Å². The topological polar surface area (TPSA) is 127 Å². The fourth-order valence-corrected chi connectivity index (χ4v) is 3.47. The van der Waals surface area contributed by atoms with Gasteiger partial charge in [-0.15, -0.1) is 0 Å². The quantitative estimate of drug-likeness (QED) is 0.630. The third-order valence-corrected chi connectivity index (χ3v) is 5.16. The van der Waals surface area contributed by atoms with E-state index in [1.54, 1.807) is 13.8 Å². The zero-order chi connectivity index (χ0) is 23.1. The van der Waals surface area contributed by atoms with Crippen molar-refractivity contribution in [2.45, 2.75) is 45.9 Å². The molecule has 1 aromatic heterocycles. The third-order valence-electron chi connectivity index (χ3n) is 5.16. The molecule has 2 amide bonds. The molecular formula is C23H26N4O5. The number of carbonyl (C=O) groups is 4. The van der Waals surface area contributed by atoms with Crippen LogP contribution in [0, 0.1) is 11.8 Å². The molecule has 0 saturated carbocycles. The van der Waals surface area contributed by atoms with Gasteiger partial charge in [0, 0.05) is 25.0 Å². The van der Waals surface area contributed by atoms with Crippen LogP contribution in [0.15, 0.2) is 42.7 Å². The molecule has 32 heavy (non-hydrogen) atoms. The SMILES string of the molecule is CC(C)C(NC(=O)OCc1ccccc1)C(=O)CC1Cc2cncc(n2)CNC(=O)C1=O. The van der Waals surface area contributed by atoms with E-state index in [0.29, 0.717) is 11.4 Å². The van der Waals surface area contributed by atoms with E-state index in [-0.39, 0.29) is 37.7 Å². The number of ketones is 2. The minimum atomic E-state index is -0.895. The molecule has 1 aliphatic heterocycles. The van der Waals surface area contributed by atoms with Crippen LogP contribution < -0.4 is 10.6 Å². The zero-order valence-electron chi connectivity index (χ0n) is 18.0. The Kier molecular flexibility index (Phi) is 7.64. The van der Waals surface area contributed by atoms with Crippen LogP contribution in [0.2, 0.25) is 0 Å². The monoisotopic (exact) mass is 438 g/mol. The van der Waals surface area contributed by atoms with E-state index in [2.05, 4.69) is 20.6 Å². The summed E-state index contributed by atoms with van der Waals surface area (Å²) in [4.78, 5) is 58.6. The number of hydrogen-bond acceptors (Lipinski definition) is 7. The van der Waals surface area contributed by atoms with E-state index in [1.807, 2.05) is 30.3 Å². The average Bonchev–Trinajstić information content (AvgIpc) is 2.82. The highest BCUT2D eigenvalue weighted by molar-refractivity contribution is 6.37. The van der Waals surface area contributed by atoms with Crippen LogP contribution in [-0.2, 0) is 38.7 Å². The molecule has 9 heteroatoms. The molecule has 2 atom stereocenters. The van der Waals surface area contributed by atoms with Crippen LogP contribution in [0.4, 0.5) is 4.79 Å². The Morgan fingerprint density at radius 3 is 2.59 bits per heavy atom. The number of alkyl carbamates (subject to hydrolysis) is 1. The number of hydrogen-bond donors (Lipinski definition) is 2. The van der Waals surface area contributed by atoms with E-state index < -0.39 is 29.7 Å². The van der Waals surface area contributed by atoms with E-state index >= 15 is 0 Å². The molecule has 0 aliphatic carbocycles. The molecule has 1 aromatic carbocycles. The molecule has 0 radical (unpaired) electrons. The summed E-state index contributed by atoms with van der Waals surface area (Å²) in [6.45, 7) is 3.73. The summed E-state index contributed by atoms with van der Waals surface area (Å²) < 4.78 is 5.22. The first-order valence-corrected chi connectivity index (χ1v) is 10.4. The number of fused-ring (bicyclic) bond motifs is 2. The first kappa shape index (κ1) is 23.1. The van der Waals surface area contributed by atoms with Crippen LogP contribution in [0.5, 0.6) is 0 Å². The summed E-state index contributed by atoms with van der Waals surface area (Å²) in [6, 6.07) is 8.31. The number of benzene rings is 1. The molecule has 1 aliphatic rings. The molecule has 2 N–H and O–H groups in total. The van der Waals surface area contributed by atoms with Gasteiger partial charge in [0.2, 0.25) is 5.78 Å². The van der Waals surface area contributed by atoms with E-state index in [9.17, 15) is 19.2 Å². The van der Waals surface area contributed by atoms with E-state index in [1.165, 1.54) is 12.4 Å². The van der Waals surface area contributed by atoms with Crippen molar-refractivity contribution in [2.24, 2.45) is 11.8 Å². The second kappa shape index (κ2) is 10.6. The van der Waals surface area contributed by atoms with Gasteiger partial charge in [0.05, 0.1) is 30.2 Å². The van der Waals surface area contributed by atoms with Gasteiger partial charge in [0.25, 0.3) is 5.91 Å². The molecule has 168 valence electrons. The van der Waals surface area contributed by atoms with Gasteiger partial charge in [0.1, 0.15) is 6.61 Å². The summed E-state index contributed by atoms with van der Waals surface area (Å²) in [5.41, 5.74) is 1.89. The maximum Gasteiger partial charge on any atom is 0.408 e. The number of amides is 2. The van der Waals surface area contributed by atoms with Crippen LogP contribution in [0.25, 0.3) is 0 Å². The van der Waals surface area contributed by atoms with Gasteiger partial charge in [-0.25, -0.2) is 4.79 Å². The van der Waals surface area contributed by atoms with Crippen LogP contribution in [0.3, 0.4) is 0 Å². The summed E-state index contributed by atoms with van der Waals surface area (Å²) in [5.74, 6) is -2.94. The van der Waals surface area contributed by atoms with Crippen molar-refractivity contribution >= 4 is 23.6 Å². The van der Waals surface area contributed by atoms with Crippen LogP contribution in [0.1, 0.15) is 37.2 Å². The van der Waals surface area contributed by atoms with Gasteiger partial charge in [-0.2, -0.15) is 0 Å². The van der Waals surface area contributed by atoms with Crippen molar-refractivity contribution in [2.75, 3.05) is 0 Å². The Balaban J connectivity index is 1.66. The number of ether oxygens (including phenoxy) is 1. The Hall–Kier alpha value is -3.62. The van der Waals surface area contributed by atoms with Gasteiger partial charge in [-0.1, -0.05) is 44.2 Å². The van der Waals surface area contributed by atoms with E-state index in [0.717, 1.165) is 5.56 Å². The molecule has 3 rings (SSSR count). The minimum Gasteiger partial charge on any atom is -0.445 e. The van der Waals surface area contributed by atoms with Crippen molar-refractivity contribution < 1.29 is 23.9 Å². The summed E-state index contributed by atoms with van der Waals surface area (Å²) in [5, 5.41) is 5.11. The molecule has 0 fully saturated rings. The summed E-state index contributed by atoms with van der Waals surface area (Å²) in [7, 11) is 0. The molecule has 2 aromatic rings. The highest BCUT2D eigenvalue weighted by Gasteiger charge is 2.33. The lowest BCUT2D eigenvalue weighted by atomic mass is 9.87. The van der Waals surface area contributed by atoms with Crippen LogP contribution in [-0.4, -0.2) is 39.6 Å². The fraction of sp³-hybridized carbons (Fsp3) is 0.391. The molecule has 0 spiro atoms. The Labute approximate surface area is 186 Å². The third kappa shape index (κ3) is 6.19. The number of carbonyl (C=O) groups excluding carboxylic acids is 4. The molecular weight excluding hydrogens is 412 g/mol. The van der Waals surface area contributed by atoms with Crippen molar-refractivity contribution in [1.82, 2.24) is 20.6 Å². The molecule has 2 bridgehead atoms. The van der Waals surface area contributed by atoms with Crippen LogP contribution >= 0.6 is 0 Å². The maximum atomic E-state index is 13.0. The largest absolute Gasteiger partial charge is 0.445 e. The number of nitrogens with zero attached hydrogens (tertiary/aromatic N) is 2. The summed E-state index contributed by atoms with van der Waals surface area (Å²) >= 11 is 0. The van der Waals surface area contributed by atoms with Crippen molar-refractivity contribution in [3.8, 4) is 0 Å². The smallest absolute Gasteiger partial charge is 0.408 e. The number of nitrogens with one attached hydrogen (secondary N) is 2. The lowest BCUT2D eigenvalue weighted by Gasteiger charge is -2.23. The van der Waals surface area contributed by atoms with Gasteiger partial charge in [0.15, 0.2) is 5.78 Å². The maximum absolute atomic E-state index is 13.0. The first-order valence-electron chi connectivity index (χ1n) is 10.4. The van der Waals surface area contributed by atoms with Crippen molar-refractivity contribution in [3.63, 3.8) is 0 Å². The molecule has 2 heterocycles. The number of aromatic nitrogens is 2. The van der Waals surface area contributed by atoms with Crippen molar-refractivity contribution in [1.29, 1.82) is 0 Å². The number of rotatable bonds is 7. The predicted octanol–water partition coefficient (Wildman–Crippen LogP) is 1.74. The summed E-state index contributed by atoms with van der Waals surface area (Å²) in [6.07, 6.45) is 2.21. The Morgan fingerprint density at radius 2 is 1.88 bits per heavy atom. The Morgan fingerprint density at radius 1 is 1.16 bits per heavy atom. The first-order chi connectivity index (χ1) is 15.3. The van der Waals surface area contributed by atoms with Gasteiger partial charge in [-0.05, 0) is 11.5 Å². The Bertz CT molecular complexity index is 993. The predicted molar refractivity (Wildman–Crippen MR) is 114 cm³/mol. The highest BCUT2D eigenvalue weighted by atomic mass is 16.5. The molecule has 2 unspecified atom stereocenters. The number of Topliss-reactive ketones (excluding diaryl/α,β-unsaturated/α-hetero) is 2. The fourth-order valence-electron chi connectivity index (χ4n) is 3.47. The average molecular weight is 438 g/mol.